The Morgan fingerprint density at radius 3 is 2.68 bits per heavy atom. The molecule has 100 valence electrons. The zero-order chi connectivity index (χ0) is 13.8. The lowest BCUT2D eigenvalue weighted by atomic mass is 10.2. The van der Waals surface area contributed by atoms with Crippen molar-refractivity contribution in [2.24, 2.45) is 0 Å². The molecule has 2 N–H and O–H groups in total. The standard InChI is InChI=1S/C15H17IN2O/c1-18(15-7-6-12(16)9-14(15)17)10-11-4-3-5-13(8-11)19-2/h3-9H,10,17H2,1-2H3. The molecule has 0 aliphatic carbocycles. The number of hydrogen-bond donors (Lipinski definition) is 1. The van der Waals surface area contributed by atoms with Gasteiger partial charge in [0.05, 0.1) is 18.5 Å². The Balaban J connectivity index is 2.17. The third-order valence-corrected chi connectivity index (χ3v) is 3.63. The van der Waals surface area contributed by atoms with Gasteiger partial charge >= 0.3 is 0 Å². The molecule has 0 radical (unpaired) electrons. The normalized spacial score (nSPS) is 10.3. The van der Waals surface area contributed by atoms with Crippen LogP contribution in [0.15, 0.2) is 42.5 Å². The number of hydrogen-bond acceptors (Lipinski definition) is 3. The highest BCUT2D eigenvalue weighted by atomic mass is 127. The van der Waals surface area contributed by atoms with Crippen LogP contribution in [0.3, 0.4) is 0 Å². The van der Waals surface area contributed by atoms with Crippen LogP contribution in [0.1, 0.15) is 5.56 Å². The summed E-state index contributed by atoms with van der Waals surface area (Å²) in [5.41, 5.74) is 9.10. The second kappa shape index (κ2) is 6.14. The fourth-order valence-electron chi connectivity index (χ4n) is 2.00. The predicted octanol–water partition coefficient (Wildman–Crippen LogP) is 3.52. The van der Waals surface area contributed by atoms with Crippen molar-refractivity contribution >= 4 is 34.0 Å². The minimum Gasteiger partial charge on any atom is -0.497 e. The number of rotatable bonds is 4. The number of nitrogen functional groups attached to an aromatic ring is 1. The zero-order valence-corrected chi connectivity index (χ0v) is 13.2. The average Bonchev–Trinajstić information content (AvgIpc) is 2.38. The molecule has 0 heterocycles. The van der Waals surface area contributed by atoms with Gasteiger partial charge in [0.1, 0.15) is 5.75 Å². The molecule has 0 aromatic heterocycles. The van der Waals surface area contributed by atoms with Crippen LogP contribution in [-0.2, 0) is 6.54 Å². The lowest BCUT2D eigenvalue weighted by Gasteiger charge is -2.21. The van der Waals surface area contributed by atoms with E-state index in [9.17, 15) is 0 Å². The largest absolute Gasteiger partial charge is 0.497 e. The lowest BCUT2D eigenvalue weighted by Crippen LogP contribution is -2.17. The van der Waals surface area contributed by atoms with E-state index in [0.29, 0.717) is 0 Å². The van der Waals surface area contributed by atoms with Gasteiger partial charge in [-0.2, -0.15) is 0 Å². The molecule has 0 fully saturated rings. The summed E-state index contributed by atoms with van der Waals surface area (Å²) in [5, 5.41) is 0. The number of benzene rings is 2. The molecule has 0 atom stereocenters. The maximum absolute atomic E-state index is 6.06. The number of nitrogens with zero attached hydrogens (tertiary/aromatic N) is 1. The first-order valence-electron chi connectivity index (χ1n) is 5.99. The van der Waals surface area contributed by atoms with Crippen molar-refractivity contribution in [2.45, 2.75) is 6.54 Å². The van der Waals surface area contributed by atoms with E-state index >= 15 is 0 Å². The third kappa shape index (κ3) is 3.53. The molecule has 0 aliphatic heterocycles. The minimum absolute atomic E-state index is 0.794. The van der Waals surface area contributed by atoms with Crippen LogP contribution in [-0.4, -0.2) is 14.2 Å². The fraction of sp³-hybridized carbons (Fsp3) is 0.200. The van der Waals surface area contributed by atoms with E-state index in [-0.39, 0.29) is 0 Å². The van der Waals surface area contributed by atoms with Gasteiger partial charge in [-0.25, -0.2) is 0 Å². The molecule has 2 rings (SSSR count). The van der Waals surface area contributed by atoms with Crippen LogP contribution >= 0.6 is 22.6 Å². The molecule has 2 aromatic rings. The molecular weight excluding hydrogens is 351 g/mol. The monoisotopic (exact) mass is 368 g/mol. The van der Waals surface area contributed by atoms with Gasteiger partial charge in [-0.1, -0.05) is 12.1 Å². The molecule has 0 aliphatic rings. The van der Waals surface area contributed by atoms with Gasteiger partial charge in [0.2, 0.25) is 0 Å². The van der Waals surface area contributed by atoms with Crippen molar-refractivity contribution in [3.63, 3.8) is 0 Å². The quantitative estimate of drug-likeness (QED) is 0.663. The number of ether oxygens (including phenoxy) is 1. The molecule has 0 unspecified atom stereocenters. The van der Waals surface area contributed by atoms with Gasteiger partial charge in [0, 0.05) is 17.2 Å². The van der Waals surface area contributed by atoms with Crippen molar-refractivity contribution in [1.82, 2.24) is 0 Å². The van der Waals surface area contributed by atoms with Gasteiger partial charge in [-0.3, -0.25) is 0 Å². The van der Waals surface area contributed by atoms with Gasteiger partial charge in [0.25, 0.3) is 0 Å². The van der Waals surface area contributed by atoms with Crippen molar-refractivity contribution in [3.8, 4) is 5.75 Å². The second-order valence-corrected chi connectivity index (χ2v) is 5.66. The topological polar surface area (TPSA) is 38.5 Å². The number of halogens is 1. The summed E-state index contributed by atoms with van der Waals surface area (Å²) in [7, 11) is 3.72. The molecular formula is C15H17IN2O. The number of methoxy groups -OCH3 is 1. The summed E-state index contributed by atoms with van der Waals surface area (Å²) in [6.45, 7) is 0.794. The number of nitrogens with two attached hydrogens (primary N) is 1. The van der Waals surface area contributed by atoms with E-state index in [0.717, 1.165) is 27.2 Å². The maximum atomic E-state index is 6.06. The highest BCUT2D eigenvalue weighted by molar-refractivity contribution is 14.1. The van der Waals surface area contributed by atoms with Gasteiger partial charge in [0.15, 0.2) is 0 Å². The third-order valence-electron chi connectivity index (χ3n) is 2.95. The molecule has 0 amide bonds. The summed E-state index contributed by atoms with van der Waals surface area (Å²) >= 11 is 2.26. The fourth-order valence-corrected chi connectivity index (χ4v) is 2.52. The van der Waals surface area contributed by atoms with E-state index in [4.69, 9.17) is 10.5 Å². The van der Waals surface area contributed by atoms with Crippen molar-refractivity contribution in [3.05, 3.63) is 51.6 Å². The van der Waals surface area contributed by atoms with Gasteiger partial charge in [-0.15, -0.1) is 0 Å². The summed E-state index contributed by atoms with van der Waals surface area (Å²) < 4.78 is 6.38. The van der Waals surface area contributed by atoms with E-state index in [1.807, 2.05) is 31.3 Å². The van der Waals surface area contributed by atoms with E-state index < -0.39 is 0 Å². The van der Waals surface area contributed by atoms with Crippen LogP contribution in [0.2, 0.25) is 0 Å². The molecule has 3 nitrogen and oxygen atoms in total. The summed E-state index contributed by atoms with van der Waals surface area (Å²) in [4.78, 5) is 2.14. The molecule has 0 saturated carbocycles. The smallest absolute Gasteiger partial charge is 0.119 e. The SMILES string of the molecule is COc1cccc(CN(C)c2ccc(I)cc2N)c1. The van der Waals surface area contributed by atoms with Crippen LogP contribution in [0, 0.1) is 3.57 Å². The van der Waals surface area contributed by atoms with Crippen LogP contribution in [0.25, 0.3) is 0 Å². The maximum Gasteiger partial charge on any atom is 0.119 e. The molecule has 0 spiro atoms. The van der Waals surface area contributed by atoms with Crippen LogP contribution in [0.4, 0.5) is 11.4 Å². The Bertz CT molecular complexity index is 572. The number of anilines is 2. The van der Waals surface area contributed by atoms with Gasteiger partial charge < -0.3 is 15.4 Å². The first-order valence-corrected chi connectivity index (χ1v) is 7.07. The molecule has 0 bridgehead atoms. The molecule has 4 heteroatoms. The van der Waals surface area contributed by atoms with Crippen molar-refractivity contribution < 1.29 is 4.74 Å². The second-order valence-electron chi connectivity index (χ2n) is 4.41. The Morgan fingerprint density at radius 1 is 1.21 bits per heavy atom. The Kier molecular flexibility index (Phi) is 4.52. The highest BCUT2D eigenvalue weighted by Crippen LogP contribution is 2.26. The van der Waals surface area contributed by atoms with E-state index in [1.54, 1.807) is 7.11 Å². The first kappa shape index (κ1) is 14.0. The first-order chi connectivity index (χ1) is 9.10. The average molecular weight is 368 g/mol. The summed E-state index contributed by atoms with van der Waals surface area (Å²) in [6, 6.07) is 14.2. The Morgan fingerprint density at radius 2 is 2.00 bits per heavy atom. The predicted molar refractivity (Wildman–Crippen MR) is 88.7 cm³/mol. The molecule has 0 saturated heterocycles. The van der Waals surface area contributed by atoms with E-state index in [2.05, 4.69) is 45.7 Å². The summed E-state index contributed by atoms with van der Waals surface area (Å²) in [6.07, 6.45) is 0. The minimum atomic E-state index is 0.794. The lowest BCUT2D eigenvalue weighted by molar-refractivity contribution is 0.414. The Labute approximate surface area is 127 Å². The zero-order valence-electron chi connectivity index (χ0n) is 11.1. The van der Waals surface area contributed by atoms with Crippen molar-refractivity contribution in [1.29, 1.82) is 0 Å². The Hall–Kier alpha value is -1.43. The van der Waals surface area contributed by atoms with Crippen LogP contribution in [0.5, 0.6) is 5.75 Å². The van der Waals surface area contributed by atoms with Crippen LogP contribution < -0.4 is 15.4 Å². The molecule has 19 heavy (non-hydrogen) atoms. The summed E-state index contributed by atoms with van der Waals surface area (Å²) in [5.74, 6) is 0.876. The van der Waals surface area contributed by atoms with Gasteiger partial charge in [-0.05, 0) is 58.5 Å². The highest BCUT2D eigenvalue weighted by Gasteiger charge is 2.07. The van der Waals surface area contributed by atoms with E-state index in [1.165, 1.54) is 5.56 Å². The molecule has 2 aromatic carbocycles. The van der Waals surface area contributed by atoms with Crippen molar-refractivity contribution in [2.75, 3.05) is 24.8 Å².